The largest absolute Gasteiger partial charge is 0.394 e. The molecule has 2 rings (SSSR count). The van der Waals surface area contributed by atoms with E-state index in [1.807, 2.05) is 11.8 Å². The molecule has 2 atom stereocenters. The van der Waals surface area contributed by atoms with Gasteiger partial charge in [0.05, 0.1) is 18.8 Å². The lowest BCUT2D eigenvalue weighted by Crippen LogP contribution is -2.48. The van der Waals surface area contributed by atoms with Gasteiger partial charge in [-0.1, -0.05) is 11.6 Å². The zero-order valence-corrected chi connectivity index (χ0v) is 10.3. The molecule has 0 amide bonds. The van der Waals surface area contributed by atoms with Crippen molar-refractivity contribution in [3.63, 3.8) is 0 Å². The molecule has 1 saturated heterocycles. The van der Waals surface area contributed by atoms with Gasteiger partial charge >= 0.3 is 0 Å². The number of aliphatic hydroxyl groups excluding tert-OH is 1. The van der Waals surface area contributed by atoms with E-state index in [4.69, 9.17) is 27.2 Å². The van der Waals surface area contributed by atoms with Crippen LogP contribution in [0.4, 0.5) is 11.6 Å². The van der Waals surface area contributed by atoms with Crippen molar-refractivity contribution in [1.82, 2.24) is 9.97 Å². The molecule has 1 aromatic rings. The van der Waals surface area contributed by atoms with Gasteiger partial charge in [-0.25, -0.2) is 9.97 Å². The summed E-state index contributed by atoms with van der Waals surface area (Å²) in [4.78, 5) is 9.91. The van der Waals surface area contributed by atoms with Gasteiger partial charge in [0.2, 0.25) is 0 Å². The molecule has 0 bridgehead atoms. The molecule has 17 heavy (non-hydrogen) atoms. The topological polar surface area (TPSA) is 84.5 Å². The molecule has 1 aliphatic rings. The predicted octanol–water partition coefficient (Wildman–Crippen LogP) is 0.298. The molecule has 0 aromatic carbocycles. The quantitative estimate of drug-likeness (QED) is 0.794. The minimum Gasteiger partial charge on any atom is -0.394 e. The van der Waals surface area contributed by atoms with E-state index in [1.54, 1.807) is 0 Å². The molecule has 0 saturated carbocycles. The van der Waals surface area contributed by atoms with Crippen LogP contribution in [-0.4, -0.2) is 47.0 Å². The second-order valence-corrected chi connectivity index (χ2v) is 4.43. The van der Waals surface area contributed by atoms with Crippen molar-refractivity contribution in [2.45, 2.75) is 19.1 Å². The summed E-state index contributed by atoms with van der Waals surface area (Å²) in [6.45, 7) is 3.11. The van der Waals surface area contributed by atoms with E-state index in [1.165, 1.54) is 6.33 Å². The van der Waals surface area contributed by atoms with Gasteiger partial charge in [0.15, 0.2) is 5.82 Å². The number of anilines is 2. The van der Waals surface area contributed by atoms with Crippen molar-refractivity contribution in [1.29, 1.82) is 0 Å². The lowest BCUT2D eigenvalue weighted by molar-refractivity contribution is -0.0423. The summed E-state index contributed by atoms with van der Waals surface area (Å²) in [6, 6.07) is 0. The number of halogens is 1. The second kappa shape index (κ2) is 5.03. The summed E-state index contributed by atoms with van der Waals surface area (Å²) in [5.74, 6) is 0.851. The molecule has 2 heterocycles. The Morgan fingerprint density at radius 3 is 3.06 bits per heavy atom. The normalized spacial score (nSPS) is 25.0. The third-order valence-electron chi connectivity index (χ3n) is 2.63. The summed E-state index contributed by atoms with van der Waals surface area (Å²) in [5, 5.41) is 9.50. The van der Waals surface area contributed by atoms with Crippen LogP contribution < -0.4 is 10.6 Å². The highest BCUT2D eigenvalue weighted by Crippen LogP contribution is 2.28. The number of aliphatic hydroxyl groups is 1. The Morgan fingerprint density at radius 2 is 2.35 bits per heavy atom. The first-order chi connectivity index (χ1) is 8.11. The van der Waals surface area contributed by atoms with Gasteiger partial charge in [-0.05, 0) is 6.92 Å². The Kier molecular flexibility index (Phi) is 3.66. The molecule has 6 nitrogen and oxygen atoms in total. The minimum atomic E-state index is -0.231. The molecule has 1 fully saturated rings. The summed E-state index contributed by atoms with van der Waals surface area (Å²) in [6.07, 6.45) is 1.16. The van der Waals surface area contributed by atoms with Gasteiger partial charge in [0, 0.05) is 13.1 Å². The number of nitrogens with zero attached hydrogens (tertiary/aromatic N) is 3. The van der Waals surface area contributed by atoms with Crippen molar-refractivity contribution >= 4 is 23.2 Å². The van der Waals surface area contributed by atoms with Crippen molar-refractivity contribution in [2.24, 2.45) is 0 Å². The van der Waals surface area contributed by atoms with Crippen LogP contribution in [0.5, 0.6) is 0 Å². The predicted molar refractivity (Wildman–Crippen MR) is 65.1 cm³/mol. The maximum Gasteiger partial charge on any atom is 0.153 e. The van der Waals surface area contributed by atoms with E-state index in [0.29, 0.717) is 23.9 Å². The van der Waals surface area contributed by atoms with Gasteiger partial charge in [0.1, 0.15) is 17.2 Å². The fourth-order valence-electron chi connectivity index (χ4n) is 1.91. The number of rotatable bonds is 2. The Morgan fingerprint density at radius 1 is 1.59 bits per heavy atom. The molecule has 0 unspecified atom stereocenters. The molecule has 7 heteroatoms. The van der Waals surface area contributed by atoms with Crippen LogP contribution in [0.3, 0.4) is 0 Å². The second-order valence-electron chi connectivity index (χ2n) is 4.05. The highest BCUT2D eigenvalue weighted by Gasteiger charge is 2.27. The summed E-state index contributed by atoms with van der Waals surface area (Å²) in [7, 11) is 0. The van der Waals surface area contributed by atoms with Crippen molar-refractivity contribution < 1.29 is 9.84 Å². The maximum absolute atomic E-state index is 9.16. The molecule has 94 valence electrons. The van der Waals surface area contributed by atoms with E-state index in [0.717, 1.165) is 0 Å². The van der Waals surface area contributed by atoms with Crippen molar-refractivity contribution in [2.75, 3.05) is 30.3 Å². The summed E-state index contributed by atoms with van der Waals surface area (Å²) < 4.78 is 5.55. The average Bonchev–Trinajstić information content (AvgIpc) is 2.31. The number of ether oxygens (including phenoxy) is 1. The zero-order chi connectivity index (χ0) is 12.4. The number of morpholine rings is 1. The first-order valence-electron chi connectivity index (χ1n) is 5.39. The molecule has 1 aliphatic heterocycles. The maximum atomic E-state index is 9.16. The Bertz CT molecular complexity index is 404. The Hall–Kier alpha value is -1.11. The summed E-state index contributed by atoms with van der Waals surface area (Å²) >= 11 is 6.07. The van der Waals surface area contributed by atoms with Crippen LogP contribution in [0.15, 0.2) is 6.33 Å². The fourth-order valence-corrected chi connectivity index (χ4v) is 2.13. The van der Waals surface area contributed by atoms with E-state index in [-0.39, 0.29) is 24.6 Å². The van der Waals surface area contributed by atoms with Crippen LogP contribution in [-0.2, 0) is 4.74 Å². The number of nitrogens with two attached hydrogens (primary N) is 1. The van der Waals surface area contributed by atoms with Crippen molar-refractivity contribution in [3.05, 3.63) is 11.3 Å². The van der Waals surface area contributed by atoms with Gasteiger partial charge in [0.25, 0.3) is 0 Å². The van der Waals surface area contributed by atoms with Gasteiger partial charge < -0.3 is 20.5 Å². The summed E-state index contributed by atoms with van der Waals surface area (Å²) in [5.41, 5.74) is 5.64. The van der Waals surface area contributed by atoms with Crippen LogP contribution in [0.25, 0.3) is 0 Å². The fraction of sp³-hybridized carbons (Fsp3) is 0.600. The molecule has 0 spiro atoms. The first-order valence-corrected chi connectivity index (χ1v) is 5.77. The molecule has 0 radical (unpaired) electrons. The SMILES string of the molecule is C[C@@H]1CN(c2ncnc(N)c2Cl)C[C@@H](CO)O1. The molecule has 1 aromatic heterocycles. The highest BCUT2D eigenvalue weighted by atomic mass is 35.5. The molecule has 3 N–H and O–H groups in total. The average molecular weight is 259 g/mol. The molecule has 0 aliphatic carbocycles. The van der Waals surface area contributed by atoms with Gasteiger partial charge in [-0.2, -0.15) is 0 Å². The van der Waals surface area contributed by atoms with E-state index in [9.17, 15) is 0 Å². The Balaban J connectivity index is 2.23. The monoisotopic (exact) mass is 258 g/mol. The smallest absolute Gasteiger partial charge is 0.153 e. The number of nitrogen functional groups attached to an aromatic ring is 1. The Labute approximate surface area is 104 Å². The zero-order valence-electron chi connectivity index (χ0n) is 9.51. The van der Waals surface area contributed by atoms with Crippen LogP contribution >= 0.6 is 11.6 Å². The number of hydrogen-bond donors (Lipinski definition) is 2. The van der Waals surface area contributed by atoms with Crippen LogP contribution in [0.2, 0.25) is 5.02 Å². The standard InChI is InChI=1S/C10H15ClN4O2/c1-6-2-15(3-7(4-16)17-6)10-8(11)9(12)13-5-14-10/h5-7,16H,2-4H2,1H3,(H2,12,13,14)/t6-,7+/m1/s1. The van der Waals surface area contributed by atoms with Gasteiger partial charge in [-0.15, -0.1) is 0 Å². The lowest BCUT2D eigenvalue weighted by Gasteiger charge is -2.37. The van der Waals surface area contributed by atoms with E-state index in [2.05, 4.69) is 9.97 Å². The minimum absolute atomic E-state index is 0.00755. The third-order valence-corrected chi connectivity index (χ3v) is 2.99. The number of hydrogen-bond acceptors (Lipinski definition) is 6. The molecular formula is C10H15ClN4O2. The lowest BCUT2D eigenvalue weighted by atomic mass is 10.2. The van der Waals surface area contributed by atoms with Gasteiger partial charge in [-0.3, -0.25) is 0 Å². The van der Waals surface area contributed by atoms with E-state index < -0.39 is 0 Å². The van der Waals surface area contributed by atoms with Crippen LogP contribution in [0, 0.1) is 0 Å². The molecular weight excluding hydrogens is 244 g/mol. The van der Waals surface area contributed by atoms with E-state index >= 15 is 0 Å². The first kappa shape index (κ1) is 12.3. The third kappa shape index (κ3) is 2.59. The van der Waals surface area contributed by atoms with Crippen molar-refractivity contribution in [3.8, 4) is 0 Å². The number of aromatic nitrogens is 2. The highest BCUT2D eigenvalue weighted by molar-refractivity contribution is 6.35. The van der Waals surface area contributed by atoms with Crippen LogP contribution in [0.1, 0.15) is 6.92 Å².